The summed E-state index contributed by atoms with van der Waals surface area (Å²) in [5.41, 5.74) is 5.87. The Morgan fingerprint density at radius 1 is 1.50 bits per heavy atom. The van der Waals surface area contributed by atoms with Gasteiger partial charge in [-0.3, -0.25) is 4.99 Å². The average molecular weight is 196 g/mol. The number of hydrogen-bond donors (Lipinski definition) is 2. The Hall–Kier alpha value is -0.770. The Labute approximate surface area is 85.6 Å². The lowest BCUT2D eigenvalue weighted by atomic mass is 9.92. The van der Waals surface area contributed by atoms with E-state index in [4.69, 9.17) is 5.73 Å². The van der Waals surface area contributed by atoms with Crippen LogP contribution >= 0.6 is 0 Å². The topological polar surface area (TPSA) is 53.6 Å². The van der Waals surface area contributed by atoms with E-state index in [-0.39, 0.29) is 5.54 Å². The predicted molar refractivity (Wildman–Crippen MR) is 58.3 cm³/mol. The minimum atomic E-state index is 0.188. The molecule has 1 saturated heterocycles. The summed E-state index contributed by atoms with van der Waals surface area (Å²) in [4.78, 5) is 6.78. The molecule has 1 fully saturated rings. The smallest absolute Gasteiger partial charge is 0.189 e. The zero-order valence-corrected chi connectivity index (χ0v) is 8.92. The van der Waals surface area contributed by atoms with Gasteiger partial charge in [0.15, 0.2) is 5.96 Å². The van der Waals surface area contributed by atoms with E-state index in [0.717, 1.165) is 13.1 Å². The van der Waals surface area contributed by atoms with Crippen molar-refractivity contribution < 1.29 is 0 Å². The number of rotatable bonds is 1. The van der Waals surface area contributed by atoms with E-state index in [1.165, 1.54) is 32.4 Å². The van der Waals surface area contributed by atoms with Gasteiger partial charge in [-0.15, -0.1) is 0 Å². The highest BCUT2D eigenvalue weighted by Crippen LogP contribution is 2.25. The van der Waals surface area contributed by atoms with Gasteiger partial charge in [0.2, 0.25) is 0 Å². The molecule has 0 aromatic heterocycles. The van der Waals surface area contributed by atoms with E-state index in [9.17, 15) is 0 Å². The standard InChI is InChI=1S/C10H20N4/c1-2-14-6-3-4-10(5-7-14)8-12-9(11)13-10/h2-8H2,1H3,(H3,11,12,13). The van der Waals surface area contributed by atoms with E-state index < -0.39 is 0 Å². The molecule has 2 aliphatic heterocycles. The van der Waals surface area contributed by atoms with Gasteiger partial charge in [0.25, 0.3) is 0 Å². The van der Waals surface area contributed by atoms with Crippen LogP contribution in [0, 0.1) is 0 Å². The highest BCUT2D eigenvalue weighted by Gasteiger charge is 2.35. The van der Waals surface area contributed by atoms with Crippen molar-refractivity contribution in [2.75, 3.05) is 26.2 Å². The molecular formula is C10H20N4. The van der Waals surface area contributed by atoms with E-state index in [1.807, 2.05) is 0 Å². The molecule has 2 rings (SSSR count). The third kappa shape index (κ3) is 1.85. The van der Waals surface area contributed by atoms with Gasteiger partial charge in [-0.05, 0) is 32.4 Å². The second-order valence-electron chi connectivity index (χ2n) is 4.39. The van der Waals surface area contributed by atoms with Gasteiger partial charge in [-0.25, -0.2) is 0 Å². The fourth-order valence-corrected chi connectivity index (χ4v) is 2.44. The van der Waals surface area contributed by atoms with Gasteiger partial charge in [0, 0.05) is 6.54 Å². The van der Waals surface area contributed by atoms with Crippen molar-refractivity contribution in [1.29, 1.82) is 0 Å². The number of likely N-dealkylation sites (tertiary alicyclic amines) is 1. The summed E-state index contributed by atoms with van der Waals surface area (Å²) in [6, 6.07) is 0. The van der Waals surface area contributed by atoms with Crippen LogP contribution in [-0.4, -0.2) is 42.6 Å². The van der Waals surface area contributed by atoms with Crippen LogP contribution in [0.5, 0.6) is 0 Å². The molecule has 4 nitrogen and oxygen atoms in total. The largest absolute Gasteiger partial charge is 0.370 e. The Balaban J connectivity index is 1.96. The quantitative estimate of drug-likeness (QED) is 0.627. The number of nitrogens with two attached hydrogens (primary N) is 1. The van der Waals surface area contributed by atoms with Crippen molar-refractivity contribution in [3.05, 3.63) is 0 Å². The minimum absolute atomic E-state index is 0.188. The first-order chi connectivity index (χ1) is 6.74. The van der Waals surface area contributed by atoms with E-state index in [2.05, 4.69) is 22.1 Å². The van der Waals surface area contributed by atoms with Crippen molar-refractivity contribution in [2.24, 2.45) is 10.7 Å². The van der Waals surface area contributed by atoms with Gasteiger partial charge < -0.3 is 16.0 Å². The Morgan fingerprint density at radius 2 is 2.36 bits per heavy atom. The van der Waals surface area contributed by atoms with Gasteiger partial charge >= 0.3 is 0 Å². The molecule has 0 aromatic carbocycles. The number of nitrogens with one attached hydrogen (secondary N) is 1. The Kier molecular flexibility index (Phi) is 2.63. The molecule has 0 bridgehead atoms. The molecule has 0 amide bonds. The molecule has 1 spiro atoms. The van der Waals surface area contributed by atoms with Crippen LogP contribution in [0.3, 0.4) is 0 Å². The van der Waals surface area contributed by atoms with Crippen molar-refractivity contribution in [3.63, 3.8) is 0 Å². The van der Waals surface area contributed by atoms with Crippen molar-refractivity contribution in [3.8, 4) is 0 Å². The zero-order chi connectivity index (χ0) is 10.0. The van der Waals surface area contributed by atoms with Crippen LogP contribution in [0.25, 0.3) is 0 Å². The molecule has 1 unspecified atom stereocenters. The first-order valence-electron chi connectivity index (χ1n) is 5.54. The van der Waals surface area contributed by atoms with Crippen molar-refractivity contribution in [1.82, 2.24) is 10.2 Å². The Bertz CT molecular complexity index is 238. The second-order valence-corrected chi connectivity index (χ2v) is 4.39. The summed E-state index contributed by atoms with van der Waals surface area (Å²) in [7, 11) is 0. The summed E-state index contributed by atoms with van der Waals surface area (Å²) >= 11 is 0. The highest BCUT2D eigenvalue weighted by atomic mass is 15.2. The fourth-order valence-electron chi connectivity index (χ4n) is 2.44. The molecule has 2 heterocycles. The summed E-state index contributed by atoms with van der Waals surface area (Å²) < 4.78 is 0. The minimum Gasteiger partial charge on any atom is -0.370 e. The van der Waals surface area contributed by atoms with Crippen LogP contribution in [-0.2, 0) is 0 Å². The molecule has 3 N–H and O–H groups in total. The summed E-state index contributed by atoms with van der Waals surface area (Å²) in [6.07, 6.45) is 3.63. The third-order valence-corrected chi connectivity index (χ3v) is 3.43. The van der Waals surface area contributed by atoms with Gasteiger partial charge in [-0.1, -0.05) is 6.92 Å². The molecule has 0 aliphatic carbocycles. The molecule has 1 atom stereocenters. The van der Waals surface area contributed by atoms with Crippen molar-refractivity contribution in [2.45, 2.75) is 31.7 Å². The number of guanidine groups is 1. The van der Waals surface area contributed by atoms with Crippen LogP contribution in [0.1, 0.15) is 26.2 Å². The first kappa shape index (κ1) is 9.77. The summed E-state index contributed by atoms with van der Waals surface area (Å²) in [5.74, 6) is 0.634. The van der Waals surface area contributed by atoms with Gasteiger partial charge in [0.05, 0.1) is 12.1 Å². The Morgan fingerprint density at radius 3 is 3.00 bits per heavy atom. The lowest BCUT2D eigenvalue weighted by Gasteiger charge is -2.27. The molecule has 14 heavy (non-hydrogen) atoms. The SMILES string of the molecule is CCN1CCCC2(CC1)CN=C(N)N2. The zero-order valence-electron chi connectivity index (χ0n) is 8.92. The maximum absolute atomic E-state index is 5.68. The maximum Gasteiger partial charge on any atom is 0.189 e. The average Bonchev–Trinajstić information content (AvgIpc) is 2.44. The number of aliphatic imine (C=N–C) groups is 1. The normalized spacial score (nSPS) is 33.9. The van der Waals surface area contributed by atoms with Crippen LogP contribution < -0.4 is 11.1 Å². The van der Waals surface area contributed by atoms with Gasteiger partial charge in [0.1, 0.15) is 0 Å². The van der Waals surface area contributed by atoms with Crippen molar-refractivity contribution >= 4 is 5.96 Å². The monoisotopic (exact) mass is 196 g/mol. The van der Waals surface area contributed by atoms with E-state index in [1.54, 1.807) is 0 Å². The molecule has 0 saturated carbocycles. The summed E-state index contributed by atoms with van der Waals surface area (Å²) in [6.45, 7) is 6.65. The van der Waals surface area contributed by atoms with E-state index >= 15 is 0 Å². The first-order valence-corrected chi connectivity index (χ1v) is 5.54. The molecule has 80 valence electrons. The van der Waals surface area contributed by atoms with Crippen LogP contribution in [0.2, 0.25) is 0 Å². The molecule has 0 radical (unpaired) electrons. The van der Waals surface area contributed by atoms with Crippen LogP contribution in [0.15, 0.2) is 4.99 Å². The van der Waals surface area contributed by atoms with E-state index in [0.29, 0.717) is 5.96 Å². The lowest BCUT2D eigenvalue weighted by molar-refractivity contribution is 0.287. The molecule has 4 heteroatoms. The highest BCUT2D eigenvalue weighted by molar-refractivity contribution is 5.80. The predicted octanol–water partition coefficient (Wildman–Crippen LogP) is 0.149. The third-order valence-electron chi connectivity index (χ3n) is 3.43. The van der Waals surface area contributed by atoms with Crippen LogP contribution in [0.4, 0.5) is 0 Å². The number of hydrogen-bond acceptors (Lipinski definition) is 4. The number of nitrogens with zero attached hydrogens (tertiary/aromatic N) is 2. The molecule has 0 aromatic rings. The summed E-state index contributed by atoms with van der Waals surface area (Å²) in [5, 5.41) is 3.35. The maximum atomic E-state index is 5.68. The van der Waals surface area contributed by atoms with Gasteiger partial charge in [-0.2, -0.15) is 0 Å². The fraction of sp³-hybridized carbons (Fsp3) is 0.900. The molecule has 2 aliphatic rings. The molecular weight excluding hydrogens is 176 g/mol. The lowest BCUT2D eigenvalue weighted by Crippen LogP contribution is -2.48. The second kappa shape index (κ2) is 3.77.